The minimum Gasteiger partial charge on any atom is -0.507 e. The SMILES string of the molecule is Cc1cccc(C(=O)N2CCC[C@@H]2C(=O)O)c1O. The van der Waals surface area contributed by atoms with Gasteiger partial charge >= 0.3 is 5.97 Å². The standard InChI is InChI=1S/C13H15NO4/c1-8-4-2-5-9(11(8)15)12(16)14-7-3-6-10(14)13(17)18/h2,4-5,10,15H,3,6-7H2,1H3,(H,17,18)/t10-/m1/s1. The molecule has 1 fully saturated rings. The van der Waals surface area contributed by atoms with Gasteiger partial charge in [0, 0.05) is 6.54 Å². The van der Waals surface area contributed by atoms with E-state index in [2.05, 4.69) is 0 Å². The van der Waals surface area contributed by atoms with Gasteiger partial charge in [0.25, 0.3) is 5.91 Å². The monoisotopic (exact) mass is 249 g/mol. The number of phenolic OH excluding ortho intramolecular Hbond substituents is 1. The largest absolute Gasteiger partial charge is 0.507 e. The third kappa shape index (κ3) is 2.03. The maximum absolute atomic E-state index is 12.2. The Morgan fingerprint density at radius 2 is 2.11 bits per heavy atom. The molecule has 1 aliphatic heterocycles. The lowest BCUT2D eigenvalue weighted by Crippen LogP contribution is -2.40. The third-order valence-electron chi connectivity index (χ3n) is 3.27. The van der Waals surface area contributed by atoms with E-state index in [1.54, 1.807) is 19.1 Å². The van der Waals surface area contributed by atoms with Crippen LogP contribution in [-0.4, -0.2) is 39.6 Å². The number of carboxylic acid groups (broad SMARTS) is 1. The van der Waals surface area contributed by atoms with E-state index in [9.17, 15) is 14.7 Å². The first-order valence-electron chi connectivity index (χ1n) is 5.84. The average molecular weight is 249 g/mol. The Bertz CT molecular complexity index is 498. The summed E-state index contributed by atoms with van der Waals surface area (Å²) in [7, 11) is 0. The van der Waals surface area contributed by atoms with Gasteiger partial charge in [-0.2, -0.15) is 0 Å². The number of carbonyl (C=O) groups is 2. The lowest BCUT2D eigenvalue weighted by molar-refractivity contribution is -0.141. The van der Waals surface area contributed by atoms with Crippen LogP contribution >= 0.6 is 0 Å². The fourth-order valence-corrected chi connectivity index (χ4v) is 2.25. The van der Waals surface area contributed by atoms with Gasteiger partial charge in [-0.1, -0.05) is 12.1 Å². The van der Waals surface area contributed by atoms with Gasteiger partial charge in [-0.3, -0.25) is 4.79 Å². The maximum Gasteiger partial charge on any atom is 0.326 e. The van der Waals surface area contributed by atoms with Crippen molar-refractivity contribution in [1.29, 1.82) is 0 Å². The van der Waals surface area contributed by atoms with Crippen LogP contribution in [0.4, 0.5) is 0 Å². The zero-order chi connectivity index (χ0) is 13.3. The van der Waals surface area contributed by atoms with Gasteiger partial charge in [-0.25, -0.2) is 4.79 Å². The second-order valence-electron chi connectivity index (χ2n) is 4.47. The summed E-state index contributed by atoms with van der Waals surface area (Å²) in [6.45, 7) is 2.12. The highest BCUT2D eigenvalue weighted by molar-refractivity contribution is 5.99. The number of aromatic hydroxyl groups is 1. The molecule has 1 amide bonds. The van der Waals surface area contributed by atoms with Crippen LogP contribution < -0.4 is 0 Å². The van der Waals surface area contributed by atoms with Crippen molar-refractivity contribution in [2.75, 3.05) is 6.54 Å². The lowest BCUT2D eigenvalue weighted by atomic mass is 10.1. The number of likely N-dealkylation sites (tertiary alicyclic amines) is 1. The molecule has 0 aromatic heterocycles. The predicted octanol–water partition coefficient (Wildman–Crippen LogP) is 1.39. The van der Waals surface area contributed by atoms with Gasteiger partial charge in [-0.15, -0.1) is 0 Å². The molecule has 0 radical (unpaired) electrons. The number of hydrogen-bond acceptors (Lipinski definition) is 3. The van der Waals surface area contributed by atoms with Crippen LogP contribution in [0.15, 0.2) is 18.2 Å². The Kier molecular flexibility index (Phi) is 3.23. The second kappa shape index (κ2) is 4.68. The molecule has 18 heavy (non-hydrogen) atoms. The van der Waals surface area contributed by atoms with Crippen LogP contribution in [0, 0.1) is 6.92 Å². The molecule has 0 saturated carbocycles. The van der Waals surface area contributed by atoms with Crippen LogP contribution in [0.5, 0.6) is 5.75 Å². The summed E-state index contributed by atoms with van der Waals surface area (Å²) in [4.78, 5) is 24.6. The molecular weight excluding hydrogens is 234 g/mol. The van der Waals surface area contributed by atoms with Crippen molar-refractivity contribution in [2.24, 2.45) is 0 Å². The highest BCUT2D eigenvalue weighted by atomic mass is 16.4. The first-order chi connectivity index (χ1) is 8.52. The highest BCUT2D eigenvalue weighted by Gasteiger charge is 2.35. The number of nitrogens with zero attached hydrogens (tertiary/aromatic N) is 1. The molecule has 1 heterocycles. The van der Waals surface area contributed by atoms with Gasteiger partial charge in [0.1, 0.15) is 11.8 Å². The Morgan fingerprint density at radius 1 is 1.39 bits per heavy atom. The molecule has 2 N–H and O–H groups in total. The topological polar surface area (TPSA) is 77.8 Å². The van der Waals surface area contributed by atoms with Crippen molar-refractivity contribution >= 4 is 11.9 Å². The van der Waals surface area contributed by atoms with E-state index in [-0.39, 0.29) is 11.3 Å². The zero-order valence-electron chi connectivity index (χ0n) is 10.1. The van der Waals surface area contributed by atoms with E-state index in [0.29, 0.717) is 24.9 Å². The quantitative estimate of drug-likeness (QED) is 0.830. The van der Waals surface area contributed by atoms with E-state index in [1.165, 1.54) is 11.0 Å². The zero-order valence-corrected chi connectivity index (χ0v) is 10.1. The van der Waals surface area contributed by atoms with Crippen LogP contribution in [-0.2, 0) is 4.79 Å². The van der Waals surface area contributed by atoms with Crippen molar-refractivity contribution in [3.63, 3.8) is 0 Å². The molecule has 0 spiro atoms. The van der Waals surface area contributed by atoms with Crippen LogP contribution in [0.25, 0.3) is 0 Å². The second-order valence-corrected chi connectivity index (χ2v) is 4.47. The average Bonchev–Trinajstić information content (AvgIpc) is 2.81. The molecule has 0 unspecified atom stereocenters. The van der Waals surface area contributed by atoms with Gasteiger partial charge < -0.3 is 15.1 Å². The van der Waals surface area contributed by atoms with Crippen LogP contribution in [0.1, 0.15) is 28.8 Å². The van der Waals surface area contributed by atoms with E-state index >= 15 is 0 Å². The van der Waals surface area contributed by atoms with Crippen molar-refractivity contribution in [1.82, 2.24) is 4.90 Å². The van der Waals surface area contributed by atoms with E-state index in [0.717, 1.165) is 0 Å². The number of benzene rings is 1. The summed E-state index contributed by atoms with van der Waals surface area (Å²) in [5, 5.41) is 18.9. The van der Waals surface area contributed by atoms with Crippen molar-refractivity contribution in [3.05, 3.63) is 29.3 Å². The van der Waals surface area contributed by atoms with Crippen LogP contribution in [0.2, 0.25) is 0 Å². The number of amides is 1. The Morgan fingerprint density at radius 3 is 2.78 bits per heavy atom. The Hall–Kier alpha value is -2.04. The first kappa shape index (κ1) is 12.4. The van der Waals surface area contributed by atoms with Crippen molar-refractivity contribution in [3.8, 4) is 5.75 Å². The van der Waals surface area contributed by atoms with Gasteiger partial charge in [0.2, 0.25) is 0 Å². The molecule has 96 valence electrons. The summed E-state index contributed by atoms with van der Waals surface area (Å²) < 4.78 is 0. The fourth-order valence-electron chi connectivity index (χ4n) is 2.25. The molecule has 1 aromatic rings. The fraction of sp³-hybridized carbons (Fsp3) is 0.385. The van der Waals surface area contributed by atoms with Crippen molar-refractivity contribution in [2.45, 2.75) is 25.8 Å². The van der Waals surface area contributed by atoms with Gasteiger partial charge in [0.15, 0.2) is 0 Å². The minimum atomic E-state index is -0.993. The molecule has 1 aliphatic rings. The smallest absolute Gasteiger partial charge is 0.326 e. The number of hydrogen-bond donors (Lipinski definition) is 2. The van der Waals surface area contributed by atoms with Crippen LogP contribution in [0.3, 0.4) is 0 Å². The Balaban J connectivity index is 2.31. The third-order valence-corrected chi connectivity index (χ3v) is 3.27. The molecule has 0 aliphatic carbocycles. The van der Waals surface area contributed by atoms with Gasteiger partial charge in [-0.05, 0) is 31.4 Å². The summed E-state index contributed by atoms with van der Waals surface area (Å²) in [6.07, 6.45) is 1.14. The summed E-state index contributed by atoms with van der Waals surface area (Å²) in [5.74, 6) is -1.48. The first-order valence-corrected chi connectivity index (χ1v) is 5.84. The summed E-state index contributed by atoms with van der Waals surface area (Å²) in [6, 6.07) is 4.11. The molecule has 1 aromatic carbocycles. The molecule has 1 atom stereocenters. The number of phenols is 1. The molecule has 2 rings (SSSR count). The lowest BCUT2D eigenvalue weighted by Gasteiger charge is -2.22. The molecule has 5 nitrogen and oxygen atoms in total. The maximum atomic E-state index is 12.2. The van der Waals surface area contributed by atoms with E-state index < -0.39 is 17.9 Å². The Labute approximate surface area is 105 Å². The normalized spacial score (nSPS) is 18.9. The molecule has 1 saturated heterocycles. The number of aryl methyl sites for hydroxylation is 1. The van der Waals surface area contributed by atoms with E-state index in [1.807, 2.05) is 0 Å². The number of carboxylic acids is 1. The number of para-hydroxylation sites is 1. The molecular formula is C13H15NO4. The summed E-state index contributed by atoms with van der Waals surface area (Å²) >= 11 is 0. The van der Waals surface area contributed by atoms with Gasteiger partial charge in [0.05, 0.1) is 5.56 Å². The molecule has 0 bridgehead atoms. The van der Waals surface area contributed by atoms with Crippen molar-refractivity contribution < 1.29 is 19.8 Å². The van der Waals surface area contributed by atoms with E-state index in [4.69, 9.17) is 5.11 Å². The number of carbonyl (C=O) groups excluding carboxylic acids is 1. The number of rotatable bonds is 2. The summed E-state index contributed by atoms with van der Waals surface area (Å²) in [5.41, 5.74) is 0.773. The highest BCUT2D eigenvalue weighted by Crippen LogP contribution is 2.26. The minimum absolute atomic E-state index is 0.0708. The number of aliphatic carboxylic acids is 1. The molecule has 5 heteroatoms. The predicted molar refractivity (Wildman–Crippen MR) is 64.5 cm³/mol.